The molecule has 0 bridgehead atoms. The summed E-state index contributed by atoms with van der Waals surface area (Å²) >= 11 is 0. The molecule has 1 nitrogen and oxygen atoms in total. The summed E-state index contributed by atoms with van der Waals surface area (Å²) in [4.78, 5) is 0. The van der Waals surface area contributed by atoms with Gasteiger partial charge in [-0.3, -0.25) is 0 Å². The Morgan fingerprint density at radius 3 is 2.62 bits per heavy atom. The highest BCUT2D eigenvalue weighted by Gasteiger charge is 2.17. The molecule has 0 spiro atoms. The van der Waals surface area contributed by atoms with Gasteiger partial charge in [0.15, 0.2) is 0 Å². The molecule has 1 rings (SSSR count). The van der Waals surface area contributed by atoms with E-state index in [1.54, 1.807) is 0 Å². The lowest BCUT2D eigenvalue weighted by atomic mass is 10.2. The highest BCUT2D eigenvalue weighted by atomic mass is 16.5. The molecule has 1 heterocycles. The maximum absolute atomic E-state index is 5.39. The predicted octanol–water partition coefficient (Wildman–Crippen LogP) is 1.74. The molecule has 2 unspecified atom stereocenters. The minimum Gasteiger partial charge on any atom is -0.371 e. The van der Waals surface area contributed by atoms with E-state index >= 15 is 0 Å². The van der Waals surface area contributed by atoms with Gasteiger partial charge in [-0.05, 0) is 19.8 Å². The van der Waals surface area contributed by atoms with Crippen LogP contribution < -0.4 is 0 Å². The van der Waals surface area contributed by atoms with E-state index in [1.807, 2.05) is 6.08 Å². The quantitative estimate of drug-likeness (QED) is 0.469. The molecule has 1 saturated heterocycles. The standard InChI is InChI=1S/C7H12O/c1-3-7-5-4-6(2)8-7/h3,6-7H,1,4-5H2,2H3. The summed E-state index contributed by atoms with van der Waals surface area (Å²) in [7, 11) is 0. The molecule has 0 N–H and O–H groups in total. The van der Waals surface area contributed by atoms with Crippen molar-refractivity contribution in [3.63, 3.8) is 0 Å². The Morgan fingerprint density at radius 1 is 1.62 bits per heavy atom. The third-order valence-corrected chi connectivity index (χ3v) is 1.53. The molecule has 8 heavy (non-hydrogen) atoms. The first-order valence-corrected chi connectivity index (χ1v) is 3.11. The van der Waals surface area contributed by atoms with Gasteiger partial charge in [-0.15, -0.1) is 6.58 Å². The van der Waals surface area contributed by atoms with Crippen molar-refractivity contribution >= 4 is 0 Å². The Labute approximate surface area is 50.3 Å². The summed E-state index contributed by atoms with van der Waals surface area (Å²) in [5, 5.41) is 0. The molecule has 1 aliphatic heterocycles. The Balaban J connectivity index is 2.32. The van der Waals surface area contributed by atoms with Gasteiger partial charge in [-0.2, -0.15) is 0 Å². The fourth-order valence-electron chi connectivity index (χ4n) is 1.01. The van der Waals surface area contributed by atoms with Crippen molar-refractivity contribution in [2.75, 3.05) is 0 Å². The van der Waals surface area contributed by atoms with Gasteiger partial charge < -0.3 is 4.74 Å². The highest BCUT2D eigenvalue weighted by molar-refractivity contribution is 4.84. The molecule has 2 atom stereocenters. The molecule has 0 aromatic heterocycles. The first-order chi connectivity index (χ1) is 3.83. The Kier molecular flexibility index (Phi) is 1.69. The van der Waals surface area contributed by atoms with Gasteiger partial charge in [0, 0.05) is 0 Å². The van der Waals surface area contributed by atoms with E-state index in [4.69, 9.17) is 4.74 Å². The number of hydrogen-bond donors (Lipinski definition) is 0. The molecule has 1 aliphatic rings. The Morgan fingerprint density at radius 2 is 2.38 bits per heavy atom. The maximum atomic E-state index is 5.39. The zero-order chi connectivity index (χ0) is 5.98. The van der Waals surface area contributed by atoms with E-state index in [-0.39, 0.29) is 0 Å². The lowest BCUT2D eigenvalue weighted by Crippen LogP contribution is -2.03. The van der Waals surface area contributed by atoms with Gasteiger partial charge in [0.25, 0.3) is 0 Å². The summed E-state index contributed by atoms with van der Waals surface area (Å²) in [5.41, 5.74) is 0. The first kappa shape index (κ1) is 5.83. The summed E-state index contributed by atoms with van der Waals surface area (Å²) in [6, 6.07) is 0. The molecule has 0 saturated carbocycles. The SMILES string of the molecule is C=CC1CCC(C)O1. The molecule has 46 valence electrons. The number of rotatable bonds is 1. The third kappa shape index (κ3) is 1.10. The van der Waals surface area contributed by atoms with Crippen LogP contribution in [-0.2, 0) is 4.74 Å². The van der Waals surface area contributed by atoms with Crippen LogP contribution in [0.15, 0.2) is 12.7 Å². The van der Waals surface area contributed by atoms with Crippen LogP contribution in [0.1, 0.15) is 19.8 Å². The monoisotopic (exact) mass is 112 g/mol. The molecule has 0 aromatic rings. The second-order valence-corrected chi connectivity index (χ2v) is 2.30. The molecule has 1 fully saturated rings. The molecular weight excluding hydrogens is 100 g/mol. The normalized spacial score (nSPS) is 37.6. The number of hydrogen-bond acceptors (Lipinski definition) is 1. The van der Waals surface area contributed by atoms with E-state index in [9.17, 15) is 0 Å². The van der Waals surface area contributed by atoms with Crippen molar-refractivity contribution in [2.45, 2.75) is 32.0 Å². The molecule has 0 radical (unpaired) electrons. The van der Waals surface area contributed by atoms with Gasteiger partial charge in [-0.25, -0.2) is 0 Å². The van der Waals surface area contributed by atoms with Crippen LogP contribution in [0.4, 0.5) is 0 Å². The van der Waals surface area contributed by atoms with Crippen LogP contribution in [-0.4, -0.2) is 12.2 Å². The van der Waals surface area contributed by atoms with Crippen molar-refractivity contribution in [2.24, 2.45) is 0 Å². The lowest BCUT2D eigenvalue weighted by Gasteiger charge is -2.02. The zero-order valence-electron chi connectivity index (χ0n) is 5.26. The molecule has 0 aliphatic carbocycles. The Hall–Kier alpha value is -0.300. The van der Waals surface area contributed by atoms with Crippen LogP contribution in [0.2, 0.25) is 0 Å². The predicted molar refractivity (Wildman–Crippen MR) is 33.8 cm³/mol. The summed E-state index contributed by atoms with van der Waals surface area (Å²) in [6.07, 6.45) is 5.02. The van der Waals surface area contributed by atoms with Crippen molar-refractivity contribution < 1.29 is 4.74 Å². The minimum absolute atomic E-state index is 0.338. The molecular formula is C7H12O. The van der Waals surface area contributed by atoms with Gasteiger partial charge >= 0.3 is 0 Å². The van der Waals surface area contributed by atoms with Gasteiger partial charge in [0.05, 0.1) is 12.2 Å². The van der Waals surface area contributed by atoms with E-state index in [0.29, 0.717) is 12.2 Å². The number of ether oxygens (including phenoxy) is 1. The molecule has 0 aromatic carbocycles. The fraction of sp³-hybridized carbons (Fsp3) is 0.714. The summed E-state index contributed by atoms with van der Waals surface area (Å²) in [5.74, 6) is 0. The van der Waals surface area contributed by atoms with E-state index in [0.717, 1.165) is 6.42 Å². The van der Waals surface area contributed by atoms with Crippen molar-refractivity contribution in [3.05, 3.63) is 12.7 Å². The average Bonchev–Trinajstić information content (AvgIpc) is 2.14. The van der Waals surface area contributed by atoms with Crippen LogP contribution in [0, 0.1) is 0 Å². The Bertz CT molecular complexity index is 88.4. The van der Waals surface area contributed by atoms with Crippen molar-refractivity contribution in [1.82, 2.24) is 0 Å². The van der Waals surface area contributed by atoms with E-state index in [2.05, 4.69) is 13.5 Å². The third-order valence-electron chi connectivity index (χ3n) is 1.53. The van der Waals surface area contributed by atoms with Crippen LogP contribution in [0.25, 0.3) is 0 Å². The summed E-state index contributed by atoms with van der Waals surface area (Å²) in [6.45, 7) is 5.75. The van der Waals surface area contributed by atoms with Crippen LogP contribution in [0.5, 0.6) is 0 Å². The van der Waals surface area contributed by atoms with Crippen molar-refractivity contribution in [3.8, 4) is 0 Å². The smallest absolute Gasteiger partial charge is 0.0757 e. The van der Waals surface area contributed by atoms with E-state index < -0.39 is 0 Å². The molecule has 1 heteroatoms. The minimum atomic E-state index is 0.338. The van der Waals surface area contributed by atoms with Gasteiger partial charge in [-0.1, -0.05) is 6.08 Å². The van der Waals surface area contributed by atoms with Crippen molar-refractivity contribution in [1.29, 1.82) is 0 Å². The van der Waals surface area contributed by atoms with Gasteiger partial charge in [0.1, 0.15) is 0 Å². The highest BCUT2D eigenvalue weighted by Crippen LogP contribution is 2.18. The average molecular weight is 112 g/mol. The second-order valence-electron chi connectivity index (χ2n) is 2.30. The maximum Gasteiger partial charge on any atom is 0.0757 e. The largest absolute Gasteiger partial charge is 0.371 e. The lowest BCUT2D eigenvalue weighted by molar-refractivity contribution is 0.0835. The van der Waals surface area contributed by atoms with Gasteiger partial charge in [0.2, 0.25) is 0 Å². The van der Waals surface area contributed by atoms with E-state index in [1.165, 1.54) is 6.42 Å². The van der Waals surface area contributed by atoms with Crippen LogP contribution in [0.3, 0.4) is 0 Å². The fourth-order valence-corrected chi connectivity index (χ4v) is 1.01. The molecule has 0 amide bonds. The van der Waals surface area contributed by atoms with Crippen LogP contribution >= 0.6 is 0 Å². The topological polar surface area (TPSA) is 9.23 Å². The second kappa shape index (κ2) is 2.31. The zero-order valence-corrected chi connectivity index (χ0v) is 5.26. The first-order valence-electron chi connectivity index (χ1n) is 3.11. The summed E-state index contributed by atoms with van der Waals surface area (Å²) < 4.78 is 5.39.